The molecule has 0 aliphatic carbocycles. The minimum Gasteiger partial charge on any atom is -0.319 e. The average Bonchev–Trinajstić information content (AvgIpc) is 2.33. The number of rotatable bonds is 0. The maximum Gasteiger partial charge on any atom is 0.0499 e. The molecule has 0 aliphatic heterocycles. The number of hydrogen-bond acceptors (Lipinski definition) is 0. The molecule has 0 spiro atoms. The van der Waals surface area contributed by atoms with Crippen molar-refractivity contribution in [2.45, 2.75) is 0 Å². The summed E-state index contributed by atoms with van der Waals surface area (Å²) >= 11 is 0. The van der Waals surface area contributed by atoms with Gasteiger partial charge in [0.15, 0.2) is 0 Å². The first-order chi connectivity index (χ1) is 4.47. The highest BCUT2D eigenvalue weighted by Gasteiger charge is 1.84. The third-order valence-electron chi connectivity index (χ3n) is 1.32. The van der Waals surface area contributed by atoms with Crippen molar-refractivity contribution in [3.8, 4) is 0 Å². The van der Waals surface area contributed by atoms with Gasteiger partial charge in [0.25, 0.3) is 0 Å². The molecule has 0 saturated heterocycles. The highest BCUT2D eigenvalue weighted by Crippen LogP contribution is 2.11. The van der Waals surface area contributed by atoms with Crippen molar-refractivity contribution >= 4 is 13.7 Å². The predicted molar refractivity (Wildman–Crippen MR) is 39.9 cm³/mol. The van der Waals surface area contributed by atoms with Gasteiger partial charge in [-0.1, -0.05) is 14.3 Å². The second-order valence-electron chi connectivity index (χ2n) is 1.93. The second-order valence-corrected chi connectivity index (χ2v) is 2.71. The van der Waals surface area contributed by atoms with Crippen LogP contribution in [0.1, 0.15) is 0 Å². The lowest BCUT2D eigenvalue weighted by atomic mass is 10.4. The van der Waals surface area contributed by atoms with Crippen LogP contribution in [0.25, 0.3) is 5.52 Å². The minimum atomic E-state index is 1.29. The molecule has 2 aromatic heterocycles. The number of nitrogens with zero attached hydrogens (tertiary/aromatic N) is 1. The Morgan fingerprint density at radius 3 is 3.22 bits per heavy atom. The summed E-state index contributed by atoms with van der Waals surface area (Å²) in [5.41, 5.74) is 1.29. The standard InChI is InChI=1S/C7H6NP/c1-2-4-8-6-9-5-7(8)3-1/h1-6H. The van der Waals surface area contributed by atoms with Gasteiger partial charge in [-0.15, -0.1) is 0 Å². The van der Waals surface area contributed by atoms with E-state index >= 15 is 0 Å². The van der Waals surface area contributed by atoms with E-state index in [2.05, 4.69) is 34.5 Å². The van der Waals surface area contributed by atoms with Gasteiger partial charge in [-0.05, 0) is 17.9 Å². The van der Waals surface area contributed by atoms with Gasteiger partial charge >= 0.3 is 0 Å². The molecule has 2 aromatic rings. The van der Waals surface area contributed by atoms with Gasteiger partial charge in [0.1, 0.15) is 0 Å². The Morgan fingerprint density at radius 2 is 2.33 bits per heavy atom. The maximum atomic E-state index is 2.18. The molecule has 0 fully saturated rings. The second kappa shape index (κ2) is 1.85. The molecular weight excluding hydrogens is 129 g/mol. The summed E-state index contributed by atoms with van der Waals surface area (Å²) in [6.07, 6.45) is 2.06. The summed E-state index contributed by atoms with van der Waals surface area (Å²) in [4.78, 5) is 0. The smallest absolute Gasteiger partial charge is 0.0499 e. The Hall–Kier alpha value is -0.810. The van der Waals surface area contributed by atoms with Crippen molar-refractivity contribution in [3.63, 3.8) is 0 Å². The normalized spacial score (nSPS) is 11.1. The van der Waals surface area contributed by atoms with Crippen LogP contribution in [0.15, 0.2) is 36.1 Å². The molecule has 0 unspecified atom stereocenters. The first-order valence-corrected chi connectivity index (χ1v) is 3.87. The third-order valence-corrected chi connectivity index (χ3v) is 2.12. The van der Waals surface area contributed by atoms with Gasteiger partial charge in [-0.25, -0.2) is 0 Å². The molecule has 0 aliphatic rings. The molecule has 0 bridgehead atoms. The van der Waals surface area contributed by atoms with Gasteiger partial charge in [0.05, 0.1) is 0 Å². The van der Waals surface area contributed by atoms with E-state index in [1.807, 2.05) is 6.07 Å². The molecule has 2 heteroatoms. The van der Waals surface area contributed by atoms with Crippen LogP contribution < -0.4 is 0 Å². The van der Waals surface area contributed by atoms with E-state index in [0.717, 1.165) is 0 Å². The third kappa shape index (κ3) is 0.739. The van der Waals surface area contributed by atoms with Crippen LogP contribution in [-0.4, -0.2) is 4.40 Å². The fourth-order valence-corrected chi connectivity index (χ4v) is 1.66. The summed E-state index contributed by atoms with van der Waals surface area (Å²) in [6.45, 7) is 0. The van der Waals surface area contributed by atoms with Gasteiger partial charge in [0.2, 0.25) is 0 Å². The first-order valence-electron chi connectivity index (χ1n) is 2.83. The van der Waals surface area contributed by atoms with E-state index in [0.29, 0.717) is 0 Å². The Labute approximate surface area is 55.0 Å². The van der Waals surface area contributed by atoms with Crippen LogP contribution in [0.2, 0.25) is 0 Å². The van der Waals surface area contributed by atoms with E-state index in [9.17, 15) is 0 Å². The quantitative estimate of drug-likeness (QED) is 0.522. The van der Waals surface area contributed by atoms with Crippen LogP contribution >= 0.6 is 8.19 Å². The van der Waals surface area contributed by atoms with Crippen LogP contribution in [-0.2, 0) is 0 Å². The van der Waals surface area contributed by atoms with Crippen molar-refractivity contribution in [2.75, 3.05) is 0 Å². The zero-order valence-corrected chi connectivity index (χ0v) is 5.75. The van der Waals surface area contributed by atoms with Crippen molar-refractivity contribution in [1.82, 2.24) is 4.40 Å². The molecule has 0 radical (unpaired) electrons. The summed E-state index contributed by atoms with van der Waals surface area (Å²) in [5.74, 6) is 4.31. The summed E-state index contributed by atoms with van der Waals surface area (Å²) in [7, 11) is 1.29. The lowest BCUT2D eigenvalue weighted by Crippen LogP contribution is -1.75. The molecule has 0 atom stereocenters. The van der Waals surface area contributed by atoms with Crippen LogP contribution in [0.3, 0.4) is 0 Å². The molecular formula is C7H6NP. The van der Waals surface area contributed by atoms with E-state index < -0.39 is 0 Å². The fraction of sp³-hybridized carbons (Fsp3) is 0. The van der Waals surface area contributed by atoms with Gasteiger partial charge in [0, 0.05) is 17.6 Å². The SMILES string of the molecule is c1ccn2cpcc2c1. The van der Waals surface area contributed by atoms with E-state index in [1.165, 1.54) is 13.7 Å². The van der Waals surface area contributed by atoms with Gasteiger partial charge in [-0.2, -0.15) is 0 Å². The maximum absolute atomic E-state index is 2.18. The first kappa shape index (κ1) is 5.01. The molecule has 2 rings (SSSR count). The predicted octanol–water partition coefficient (Wildman–Crippen LogP) is 2.52. The molecule has 0 amide bonds. The highest BCUT2D eigenvalue weighted by molar-refractivity contribution is 7.28. The van der Waals surface area contributed by atoms with E-state index in [-0.39, 0.29) is 0 Å². The summed E-state index contributed by atoms with van der Waals surface area (Å²) in [6, 6.07) is 6.20. The molecule has 1 nitrogen and oxygen atoms in total. The van der Waals surface area contributed by atoms with Crippen molar-refractivity contribution in [2.24, 2.45) is 0 Å². The van der Waals surface area contributed by atoms with Crippen molar-refractivity contribution < 1.29 is 0 Å². The Bertz CT molecular complexity index is 283. The topological polar surface area (TPSA) is 4.41 Å². The number of fused-ring (bicyclic) bond motifs is 1. The zero-order valence-electron chi connectivity index (χ0n) is 4.86. The van der Waals surface area contributed by atoms with Crippen molar-refractivity contribution in [3.05, 3.63) is 36.1 Å². The Morgan fingerprint density at radius 1 is 1.33 bits per heavy atom. The largest absolute Gasteiger partial charge is 0.319 e. The van der Waals surface area contributed by atoms with Crippen LogP contribution in [0, 0.1) is 0 Å². The molecule has 2 heterocycles. The van der Waals surface area contributed by atoms with E-state index in [4.69, 9.17) is 0 Å². The van der Waals surface area contributed by atoms with Gasteiger partial charge < -0.3 is 4.40 Å². The lowest BCUT2D eigenvalue weighted by molar-refractivity contribution is 1.21. The Kier molecular flexibility index (Phi) is 1.03. The zero-order chi connectivity index (χ0) is 6.10. The summed E-state index contributed by atoms with van der Waals surface area (Å²) < 4.78 is 2.13. The lowest BCUT2D eigenvalue weighted by Gasteiger charge is -1.88. The van der Waals surface area contributed by atoms with Crippen LogP contribution in [0.4, 0.5) is 0 Å². The van der Waals surface area contributed by atoms with Crippen LogP contribution in [0.5, 0.6) is 0 Å². The number of pyridine rings is 1. The fourth-order valence-electron chi connectivity index (χ4n) is 0.865. The highest BCUT2D eigenvalue weighted by atomic mass is 31.0. The average molecular weight is 135 g/mol. The number of aromatic nitrogens is 1. The molecule has 44 valence electrons. The molecule has 0 saturated carbocycles. The molecule has 9 heavy (non-hydrogen) atoms. The van der Waals surface area contributed by atoms with Gasteiger partial charge in [-0.3, -0.25) is 0 Å². The molecule has 0 N–H and O–H groups in total. The Balaban J connectivity index is 2.95. The number of hydrogen-bond donors (Lipinski definition) is 0. The van der Waals surface area contributed by atoms with Crippen molar-refractivity contribution in [1.29, 1.82) is 0 Å². The van der Waals surface area contributed by atoms with E-state index in [1.54, 1.807) is 0 Å². The monoisotopic (exact) mass is 135 g/mol. The molecule has 0 aromatic carbocycles. The summed E-state index contributed by atoms with van der Waals surface area (Å²) in [5, 5.41) is 0. The minimum absolute atomic E-state index is 1.29.